The van der Waals surface area contributed by atoms with E-state index in [4.69, 9.17) is 19.9 Å². The van der Waals surface area contributed by atoms with E-state index in [-0.39, 0.29) is 12.4 Å². The number of nitrogens with two attached hydrogens (primary N) is 1. The minimum absolute atomic E-state index is 0.0438. The minimum atomic E-state index is -0.671. The average molecular weight is 295 g/mol. The lowest BCUT2D eigenvalue weighted by Crippen LogP contribution is -2.32. The lowest BCUT2D eigenvalue weighted by Gasteiger charge is -2.18. The van der Waals surface area contributed by atoms with Gasteiger partial charge in [-0.3, -0.25) is 0 Å². The maximum atomic E-state index is 11.4. The van der Waals surface area contributed by atoms with E-state index >= 15 is 0 Å². The first-order chi connectivity index (χ1) is 9.80. The van der Waals surface area contributed by atoms with Gasteiger partial charge in [0.15, 0.2) is 5.84 Å². The van der Waals surface area contributed by atoms with Crippen LogP contribution in [-0.4, -0.2) is 31.2 Å². The summed E-state index contributed by atoms with van der Waals surface area (Å²) in [5, 5.41) is 3.68. The third kappa shape index (κ3) is 7.05. The number of carbonyl (C=O) groups is 1. The smallest absolute Gasteiger partial charge is 0.428 e. The molecule has 0 unspecified atom stereocenters. The fourth-order valence-corrected chi connectivity index (χ4v) is 1.28. The van der Waals surface area contributed by atoms with Crippen LogP contribution in [0.25, 0.3) is 0 Å². The SMILES string of the molecule is COc1ccc(OC/C(N)=N\NC(=O)OC(C)(C)C)cc1. The van der Waals surface area contributed by atoms with Gasteiger partial charge in [-0.1, -0.05) is 0 Å². The molecule has 21 heavy (non-hydrogen) atoms. The van der Waals surface area contributed by atoms with Crippen LogP contribution >= 0.6 is 0 Å². The Hall–Kier alpha value is -2.44. The van der Waals surface area contributed by atoms with Crippen LogP contribution in [0.15, 0.2) is 29.4 Å². The predicted molar refractivity (Wildman–Crippen MR) is 79.5 cm³/mol. The monoisotopic (exact) mass is 295 g/mol. The van der Waals surface area contributed by atoms with Crippen molar-refractivity contribution in [2.45, 2.75) is 26.4 Å². The second-order valence-corrected chi connectivity index (χ2v) is 5.18. The Balaban J connectivity index is 2.40. The van der Waals surface area contributed by atoms with E-state index in [9.17, 15) is 4.79 Å². The number of nitrogens with zero attached hydrogens (tertiary/aromatic N) is 1. The minimum Gasteiger partial charge on any atom is -0.497 e. The molecule has 0 aromatic heterocycles. The van der Waals surface area contributed by atoms with Crippen molar-refractivity contribution in [1.29, 1.82) is 0 Å². The molecule has 116 valence electrons. The molecule has 1 aromatic rings. The summed E-state index contributed by atoms with van der Waals surface area (Å²) in [7, 11) is 1.59. The van der Waals surface area contributed by atoms with Gasteiger partial charge in [-0.2, -0.15) is 5.10 Å². The molecule has 0 spiro atoms. The van der Waals surface area contributed by atoms with Gasteiger partial charge in [-0.25, -0.2) is 10.2 Å². The molecule has 7 nitrogen and oxygen atoms in total. The Morgan fingerprint density at radius 2 is 1.81 bits per heavy atom. The van der Waals surface area contributed by atoms with Gasteiger partial charge in [-0.15, -0.1) is 0 Å². The Labute approximate surface area is 124 Å². The van der Waals surface area contributed by atoms with Crippen molar-refractivity contribution in [2.24, 2.45) is 10.8 Å². The molecule has 0 radical (unpaired) electrons. The van der Waals surface area contributed by atoms with E-state index in [1.54, 1.807) is 52.1 Å². The highest BCUT2D eigenvalue weighted by atomic mass is 16.6. The van der Waals surface area contributed by atoms with Crippen molar-refractivity contribution < 1.29 is 19.0 Å². The van der Waals surface area contributed by atoms with Crippen LogP contribution in [0.4, 0.5) is 4.79 Å². The predicted octanol–water partition coefficient (Wildman–Crippen LogP) is 1.87. The zero-order valence-electron chi connectivity index (χ0n) is 12.7. The topological polar surface area (TPSA) is 95.2 Å². The highest BCUT2D eigenvalue weighted by molar-refractivity contribution is 5.83. The van der Waals surface area contributed by atoms with Crippen LogP contribution in [0, 0.1) is 0 Å². The van der Waals surface area contributed by atoms with Gasteiger partial charge in [0, 0.05) is 0 Å². The van der Waals surface area contributed by atoms with Crippen LogP contribution in [0.1, 0.15) is 20.8 Å². The summed E-state index contributed by atoms with van der Waals surface area (Å²) in [6.45, 7) is 5.31. The summed E-state index contributed by atoms with van der Waals surface area (Å²) in [6.07, 6.45) is -0.671. The maximum absolute atomic E-state index is 11.4. The van der Waals surface area contributed by atoms with Crippen LogP contribution in [0.3, 0.4) is 0 Å². The van der Waals surface area contributed by atoms with Crippen molar-refractivity contribution in [2.75, 3.05) is 13.7 Å². The van der Waals surface area contributed by atoms with Gasteiger partial charge >= 0.3 is 6.09 Å². The second kappa shape index (κ2) is 7.37. The molecular formula is C14H21N3O4. The third-order valence-corrected chi connectivity index (χ3v) is 2.14. The molecule has 1 aromatic carbocycles. The second-order valence-electron chi connectivity index (χ2n) is 5.18. The number of amides is 1. The molecule has 0 aliphatic carbocycles. The lowest BCUT2D eigenvalue weighted by molar-refractivity contribution is 0.0529. The normalized spacial score (nSPS) is 11.7. The van der Waals surface area contributed by atoms with Gasteiger partial charge in [-0.05, 0) is 45.0 Å². The van der Waals surface area contributed by atoms with Crippen LogP contribution in [-0.2, 0) is 4.74 Å². The summed E-state index contributed by atoms with van der Waals surface area (Å²) >= 11 is 0. The van der Waals surface area contributed by atoms with Gasteiger partial charge < -0.3 is 19.9 Å². The fourth-order valence-electron chi connectivity index (χ4n) is 1.28. The molecule has 3 N–H and O–H groups in total. The van der Waals surface area contributed by atoms with E-state index in [0.29, 0.717) is 5.75 Å². The molecule has 0 aliphatic rings. The largest absolute Gasteiger partial charge is 0.497 e. The van der Waals surface area contributed by atoms with Crippen molar-refractivity contribution in [3.63, 3.8) is 0 Å². The highest BCUT2D eigenvalue weighted by Gasteiger charge is 2.15. The first-order valence-corrected chi connectivity index (χ1v) is 6.38. The zero-order chi connectivity index (χ0) is 15.9. The van der Waals surface area contributed by atoms with Crippen molar-refractivity contribution in [3.05, 3.63) is 24.3 Å². The van der Waals surface area contributed by atoms with Crippen molar-refractivity contribution in [3.8, 4) is 11.5 Å². The number of rotatable bonds is 5. The standard InChI is InChI=1S/C14H21N3O4/c1-14(2,3)21-13(18)17-16-12(15)9-20-11-7-5-10(19-4)6-8-11/h5-8H,9H2,1-4H3,(H2,15,16)(H,17,18). The summed E-state index contributed by atoms with van der Waals surface area (Å²) in [5.74, 6) is 1.47. The van der Waals surface area contributed by atoms with Crippen LogP contribution in [0.2, 0.25) is 0 Å². The highest BCUT2D eigenvalue weighted by Crippen LogP contribution is 2.16. The van der Waals surface area contributed by atoms with Crippen LogP contribution < -0.4 is 20.6 Å². The molecule has 0 saturated carbocycles. The number of methoxy groups -OCH3 is 1. The molecular weight excluding hydrogens is 274 g/mol. The fraction of sp³-hybridized carbons (Fsp3) is 0.429. The number of hydrogen-bond acceptors (Lipinski definition) is 5. The Morgan fingerprint density at radius 3 is 2.33 bits per heavy atom. The summed E-state index contributed by atoms with van der Waals surface area (Å²) in [6, 6.07) is 7.02. The molecule has 0 atom stereocenters. The summed E-state index contributed by atoms with van der Waals surface area (Å²) in [5.41, 5.74) is 7.23. The summed E-state index contributed by atoms with van der Waals surface area (Å²) in [4.78, 5) is 11.4. The van der Waals surface area contributed by atoms with Crippen molar-refractivity contribution in [1.82, 2.24) is 5.43 Å². The molecule has 0 fully saturated rings. The molecule has 1 rings (SSSR count). The summed E-state index contributed by atoms with van der Waals surface area (Å²) < 4.78 is 15.4. The number of hydrazone groups is 1. The first kappa shape index (κ1) is 16.6. The quantitative estimate of drug-likeness (QED) is 0.491. The number of amidine groups is 1. The van der Waals surface area contributed by atoms with Gasteiger partial charge in [0.2, 0.25) is 0 Å². The van der Waals surface area contributed by atoms with Gasteiger partial charge in [0.25, 0.3) is 0 Å². The van der Waals surface area contributed by atoms with E-state index < -0.39 is 11.7 Å². The lowest BCUT2D eigenvalue weighted by atomic mass is 10.2. The molecule has 1 amide bonds. The average Bonchev–Trinajstić information content (AvgIpc) is 2.41. The van der Waals surface area contributed by atoms with Crippen molar-refractivity contribution >= 4 is 11.9 Å². The number of carbonyl (C=O) groups excluding carboxylic acids is 1. The number of nitrogens with one attached hydrogen (secondary N) is 1. The molecule has 0 heterocycles. The maximum Gasteiger partial charge on any atom is 0.428 e. The van der Waals surface area contributed by atoms with E-state index in [2.05, 4.69) is 10.5 Å². The molecule has 0 saturated heterocycles. The van der Waals surface area contributed by atoms with E-state index in [0.717, 1.165) is 5.75 Å². The molecule has 7 heteroatoms. The van der Waals surface area contributed by atoms with Gasteiger partial charge in [0.1, 0.15) is 23.7 Å². The Morgan fingerprint density at radius 1 is 1.24 bits per heavy atom. The number of ether oxygens (including phenoxy) is 3. The molecule has 0 bridgehead atoms. The number of benzene rings is 1. The van der Waals surface area contributed by atoms with E-state index in [1.807, 2.05) is 0 Å². The number of hydrogen-bond donors (Lipinski definition) is 2. The molecule has 0 aliphatic heterocycles. The van der Waals surface area contributed by atoms with Gasteiger partial charge in [0.05, 0.1) is 7.11 Å². The third-order valence-electron chi connectivity index (χ3n) is 2.14. The first-order valence-electron chi connectivity index (χ1n) is 6.38. The Kier molecular flexibility index (Phi) is 5.83. The van der Waals surface area contributed by atoms with E-state index in [1.165, 1.54) is 0 Å². The Bertz CT molecular complexity index is 492. The van der Waals surface area contributed by atoms with Crippen LogP contribution in [0.5, 0.6) is 11.5 Å². The zero-order valence-corrected chi connectivity index (χ0v) is 12.7.